The van der Waals surface area contributed by atoms with E-state index in [1.54, 1.807) is 24.3 Å². The van der Waals surface area contributed by atoms with Gasteiger partial charge in [0.15, 0.2) is 0 Å². The molecule has 0 aliphatic heterocycles. The lowest BCUT2D eigenvalue weighted by molar-refractivity contribution is -0.138. The molecule has 1 rings (SSSR count). The number of aliphatic hydroxyl groups excluding tert-OH is 1. The number of anilines is 1. The second-order valence-electron chi connectivity index (χ2n) is 4.06. The van der Waals surface area contributed by atoms with Crippen LogP contribution in [0.4, 0.5) is 5.69 Å². The van der Waals surface area contributed by atoms with E-state index >= 15 is 0 Å². The van der Waals surface area contributed by atoms with Crippen LogP contribution in [0.2, 0.25) is 0 Å². The van der Waals surface area contributed by atoms with Gasteiger partial charge in [0.2, 0.25) is 0 Å². The van der Waals surface area contributed by atoms with E-state index in [4.69, 9.17) is 10.2 Å². The highest BCUT2D eigenvalue weighted by atomic mass is 16.4. The predicted octanol–water partition coefficient (Wildman–Crippen LogP) is 1.70. The molecule has 0 fully saturated rings. The van der Waals surface area contributed by atoms with Crippen LogP contribution in [0.15, 0.2) is 24.3 Å². The van der Waals surface area contributed by atoms with Gasteiger partial charge in [-0.25, -0.2) is 4.79 Å². The van der Waals surface area contributed by atoms with Crippen molar-refractivity contribution in [3.8, 4) is 0 Å². The molecule has 0 unspecified atom stereocenters. The first-order valence-electron chi connectivity index (χ1n) is 5.23. The van der Waals surface area contributed by atoms with E-state index in [1.165, 1.54) is 0 Å². The smallest absolute Gasteiger partial charge is 0.326 e. The zero-order chi connectivity index (χ0) is 12.1. The first kappa shape index (κ1) is 12.5. The van der Waals surface area contributed by atoms with Crippen LogP contribution in [0.3, 0.4) is 0 Å². The molecule has 88 valence electrons. The molecule has 0 saturated heterocycles. The fourth-order valence-corrected chi connectivity index (χ4v) is 1.40. The van der Waals surface area contributed by atoms with Gasteiger partial charge in [0.25, 0.3) is 0 Å². The van der Waals surface area contributed by atoms with Crippen molar-refractivity contribution in [3.63, 3.8) is 0 Å². The molecule has 0 amide bonds. The molecule has 16 heavy (non-hydrogen) atoms. The van der Waals surface area contributed by atoms with Crippen LogP contribution >= 0.6 is 0 Å². The van der Waals surface area contributed by atoms with Crippen molar-refractivity contribution >= 4 is 11.7 Å². The second-order valence-corrected chi connectivity index (χ2v) is 4.06. The van der Waals surface area contributed by atoms with Crippen LogP contribution < -0.4 is 5.32 Å². The van der Waals surface area contributed by atoms with Gasteiger partial charge in [0, 0.05) is 5.69 Å². The summed E-state index contributed by atoms with van der Waals surface area (Å²) in [6, 6.07) is 6.47. The molecule has 0 saturated carbocycles. The first-order chi connectivity index (χ1) is 7.54. The number of nitrogens with one attached hydrogen (secondary N) is 1. The van der Waals surface area contributed by atoms with E-state index in [9.17, 15) is 4.79 Å². The number of carboxylic acids is 1. The van der Waals surface area contributed by atoms with Crippen LogP contribution in [0.1, 0.15) is 19.4 Å². The molecule has 3 N–H and O–H groups in total. The van der Waals surface area contributed by atoms with Crippen LogP contribution in [-0.4, -0.2) is 22.2 Å². The van der Waals surface area contributed by atoms with E-state index in [0.29, 0.717) is 0 Å². The number of rotatable bonds is 5. The predicted molar refractivity (Wildman–Crippen MR) is 62.2 cm³/mol. The Bertz CT molecular complexity index is 346. The fraction of sp³-hybridized carbons (Fsp3) is 0.417. The summed E-state index contributed by atoms with van der Waals surface area (Å²) >= 11 is 0. The maximum Gasteiger partial charge on any atom is 0.326 e. The molecular weight excluding hydrogens is 206 g/mol. The minimum absolute atomic E-state index is 0.00712. The van der Waals surface area contributed by atoms with Gasteiger partial charge >= 0.3 is 5.97 Å². The average Bonchev–Trinajstić information content (AvgIpc) is 2.25. The zero-order valence-electron chi connectivity index (χ0n) is 9.47. The van der Waals surface area contributed by atoms with Crippen molar-refractivity contribution in [1.29, 1.82) is 0 Å². The Morgan fingerprint density at radius 2 is 1.88 bits per heavy atom. The highest BCUT2D eigenvalue weighted by molar-refractivity contribution is 5.77. The Kier molecular flexibility index (Phi) is 4.31. The Morgan fingerprint density at radius 3 is 2.25 bits per heavy atom. The lowest BCUT2D eigenvalue weighted by Gasteiger charge is -2.19. The molecule has 0 aromatic heterocycles. The molecule has 1 aromatic carbocycles. The molecule has 4 heteroatoms. The van der Waals surface area contributed by atoms with E-state index in [-0.39, 0.29) is 12.5 Å². The summed E-state index contributed by atoms with van der Waals surface area (Å²) in [7, 11) is 0. The maximum atomic E-state index is 11.0. The summed E-state index contributed by atoms with van der Waals surface area (Å²) in [5, 5.41) is 20.8. The molecule has 4 nitrogen and oxygen atoms in total. The Labute approximate surface area is 94.9 Å². The number of aliphatic carboxylic acids is 1. The van der Waals surface area contributed by atoms with Crippen LogP contribution in [0.5, 0.6) is 0 Å². The number of hydrogen-bond acceptors (Lipinski definition) is 3. The molecule has 1 atom stereocenters. The lowest BCUT2D eigenvalue weighted by atomic mass is 10.0. The third-order valence-corrected chi connectivity index (χ3v) is 2.39. The van der Waals surface area contributed by atoms with Crippen molar-refractivity contribution in [1.82, 2.24) is 0 Å². The van der Waals surface area contributed by atoms with Crippen LogP contribution in [0.25, 0.3) is 0 Å². The molecule has 0 radical (unpaired) electrons. The van der Waals surface area contributed by atoms with Gasteiger partial charge < -0.3 is 15.5 Å². The minimum atomic E-state index is -0.860. The summed E-state index contributed by atoms with van der Waals surface area (Å²) in [5.74, 6) is -0.851. The third kappa shape index (κ3) is 3.24. The number of aliphatic hydroxyl groups is 1. The van der Waals surface area contributed by atoms with E-state index in [2.05, 4.69) is 5.32 Å². The van der Waals surface area contributed by atoms with Crippen LogP contribution in [-0.2, 0) is 11.4 Å². The average molecular weight is 223 g/mol. The Morgan fingerprint density at radius 1 is 1.31 bits per heavy atom. The van der Waals surface area contributed by atoms with Crippen molar-refractivity contribution in [2.45, 2.75) is 26.5 Å². The second kappa shape index (κ2) is 5.51. The summed E-state index contributed by atoms with van der Waals surface area (Å²) in [4.78, 5) is 11.0. The van der Waals surface area contributed by atoms with E-state index in [0.717, 1.165) is 11.3 Å². The highest BCUT2D eigenvalue weighted by Crippen LogP contribution is 2.14. The molecule has 0 aliphatic carbocycles. The normalized spacial score (nSPS) is 12.5. The van der Waals surface area contributed by atoms with Gasteiger partial charge in [0.05, 0.1) is 6.61 Å². The SMILES string of the molecule is CC(C)[C@H](Nc1ccc(CO)cc1)C(=O)O. The lowest BCUT2D eigenvalue weighted by Crippen LogP contribution is -2.34. The molecular formula is C12H17NO3. The summed E-state index contributed by atoms with van der Waals surface area (Å²) in [6.07, 6.45) is 0. The summed E-state index contributed by atoms with van der Waals surface area (Å²) in [5.41, 5.74) is 1.56. The standard InChI is InChI=1S/C12H17NO3/c1-8(2)11(12(15)16)13-10-5-3-9(7-14)4-6-10/h3-6,8,11,13-14H,7H2,1-2H3,(H,15,16)/t11-/m0/s1. The van der Waals surface area contributed by atoms with E-state index in [1.807, 2.05) is 13.8 Å². The molecule has 0 bridgehead atoms. The molecule has 1 aromatic rings. The third-order valence-electron chi connectivity index (χ3n) is 2.39. The Balaban J connectivity index is 2.74. The quantitative estimate of drug-likeness (QED) is 0.710. The molecule has 0 heterocycles. The Hall–Kier alpha value is -1.55. The van der Waals surface area contributed by atoms with Crippen molar-refractivity contribution in [3.05, 3.63) is 29.8 Å². The summed E-state index contributed by atoms with van der Waals surface area (Å²) < 4.78 is 0. The number of hydrogen-bond donors (Lipinski definition) is 3. The largest absolute Gasteiger partial charge is 0.480 e. The van der Waals surface area contributed by atoms with Crippen molar-refractivity contribution in [2.24, 2.45) is 5.92 Å². The fourth-order valence-electron chi connectivity index (χ4n) is 1.40. The maximum absolute atomic E-state index is 11.0. The molecule has 0 spiro atoms. The number of carbonyl (C=O) groups is 1. The monoisotopic (exact) mass is 223 g/mol. The van der Waals surface area contributed by atoms with Crippen molar-refractivity contribution in [2.75, 3.05) is 5.32 Å². The number of benzene rings is 1. The van der Waals surface area contributed by atoms with Gasteiger partial charge in [-0.3, -0.25) is 0 Å². The molecule has 0 aliphatic rings. The topological polar surface area (TPSA) is 69.6 Å². The minimum Gasteiger partial charge on any atom is -0.480 e. The van der Waals surface area contributed by atoms with E-state index < -0.39 is 12.0 Å². The highest BCUT2D eigenvalue weighted by Gasteiger charge is 2.20. The summed E-state index contributed by atoms with van der Waals surface area (Å²) in [6.45, 7) is 3.70. The number of carboxylic acid groups (broad SMARTS) is 1. The van der Waals surface area contributed by atoms with Gasteiger partial charge in [-0.05, 0) is 23.6 Å². The van der Waals surface area contributed by atoms with Gasteiger partial charge in [0.1, 0.15) is 6.04 Å². The van der Waals surface area contributed by atoms with Crippen LogP contribution in [0, 0.1) is 5.92 Å². The van der Waals surface area contributed by atoms with Gasteiger partial charge in [-0.2, -0.15) is 0 Å². The zero-order valence-corrected chi connectivity index (χ0v) is 9.47. The van der Waals surface area contributed by atoms with Gasteiger partial charge in [-0.1, -0.05) is 26.0 Å². The van der Waals surface area contributed by atoms with Gasteiger partial charge in [-0.15, -0.1) is 0 Å². The first-order valence-corrected chi connectivity index (χ1v) is 5.23. The van der Waals surface area contributed by atoms with Crippen molar-refractivity contribution < 1.29 is 15.0 Å².